The summed E-state index contributed by atoms with van der Waals surface area (Å²) in [7, 11) is 0. The fourth-order valence-corrected chi connectivity index (χ4v) is 2.76. The minimum atomic E-state index is -4.72. The van der Waals surface area contributed by atoms with Crippen LogP contribution in [0.1, 0.15) is 16.7 Å². The molecule has 0 aliphatic rings. The molecule has 3 rings (SSSR count). The summed E-state index contributed by atoms with van der Waals surface area (Å²) in [6.07, 6.45) is -4.72. The van der Waals surface area contributed by atoms with Crippen LogP contribution < -0.4 is 0 Å². The fraction of sp³-hybridized carbons (Fsp3) is 0.0476. The Bertz CT molecular complexity index is 837. The SMILES string of the molecule is Fc1ccccc1C(=C(c1ccccc1)c1ccccc1)C(F)(F)F. The average Bonchev–Trinajstić information content (AvgIpc) is 2.61. The van der Waals surface area contributed by atoms with Gasteiger partial charge in [-0.15, -0.1) is 0 Å². The van der Waals surface area contributed by atoms with Crippen LogP contribution in [0.25, 0.3) is 11.1 Å². The lowest BCUT2D eigenvalue weighted by Gasteiger charge is -2.20. The Morgan fingerprint density at radius 1 is 0.600 bits per heavy atom. The first-order chi connectivity index (χ1) is 12.0. The second kappa shape index (κ2) is 6.93. The number of hydrogen-bond acceptors (Lipinski definition) is 0. The van der Waals surface area contributed by atoms with Gasteiger partial charge in [-0.3, -0.25) is 0 Å². The molecule has 0 radical (unpaired) electrons. The molecule has 4 heteroatoms. The van der Waals surface area contributed by atoms with Gasteiger partial charge in [-0.25, -0.2) is 4.39 Å². The summed E-state index contributed by atoms with van der Waals surface area (Å²) in [6.45, 7) is 0. The Labute approximate surface area is 143 Å². The van der Waals surface area contributed by atoms with Gasteiger partial charge < -0.3 is 0 Å². The predicted molar refractivity (Wildman–Crippen MR) is 91.3 cm³/mol. The molecule has 0 saturated heterocycles. The highest BCUT2D eigenvalue weighted by atomic mass is 19.4. The molecule has 0 bridgehead atoms. The van der Waals surface area contributed by atoms with E-state index in [0.717, 1.165) is 12.1 Å². The number of halogens is 4. The van der Waals surface area contributed by atoms with Crippen molar-refractivity contribution in [3.05, 3.63) is 107 Å². The van der Waals surface area contributed by atoms with Crippen LogP contribution in [0, 0.1) is 5.82 Å². The third kappa shape index (κ3) is 3.63. The van der Waals surface area contributed by atoms with E-state index in [2.05, 4.69) is 0 Å². The first-order valence-corrected chi connectivity index (χ1v) is 7.65. The van der Waals surface area contributed by atoms with E-state index in [-0.39, 0.29) is 5.57 Å². The quantitative estimate of drug-likeness (QED) is 0.384. The van der Waals surface area contributed by atoms with Gasteiger partial charge in [-0.05, 0) is 17.2 Å². The molecule has 0 atom stereocenters. The van der Waals surface area contributed by atoms with Crippen LogP contribution in [0.5, 0.6) is 0 Å². The largest absolute Gasteiger partial charge is 0.417 e. The number of hydrogen-bond donors (Lipinski definition) is 0. The van der Waals surface area contributed by atoms with Gasteiger partial charge in [-0.2, -0.15) is 13.2 Å². The Kier molecular flexibility index (Phi) is 4.70. The van der Waals surface area contributed by atoms with E-state index in [4.69, 9.17) is 0 Å². The van der Waals surface area contributed by atoms with E-state index < -0.39 is 23.1 Å². The van der Waals surface area contributed by atoms with Crippen molar-refractivity contribution in [2.24, 2.45) is 0 Å². The molecule has 3 aromatic rings. The zero-order valence-corrected chi connectivity index (χ0v) is 13.1. The van der Waals surface area contributed by atoms with Crippen molar-refractivity contribution in [2.45, 2.75) is 6.18 Å². The molecule has 0 nitrogen and oxygen atoms in total. The number of allylic oxidation sites excluding steroid dienone is 1. The van der Waals surface area contributed by atoms with Crippen molar-refractivity contribution in [1.82, 2.24) is 0 Å². The van der Waals surface area contributed by atoms with Gasteiger partial charge in [0.2, 0.25) is 0 Å². The van der Waals surface area contributed by atoms with Crippen LogP contribution in [0.15, 0.2) is 84.9 Å². The van der Waals surface area contributed by atoms with E-state index >= 15 is 0 Å². The van der Waals surface area contributed by atoms with Crippen LogP contribution >= 0.6 is 0 Å². The van der Waals surface area contributed by atoms with E-state index in [9.17, 15) is 17.6 Å². The summed E-state index contributed by atoms with van der Waals surface area (Å²) in [5, 5.41) is 0. The molecular formula is C21H14F4. The van der Waals surface area contributed by atoms with Crippen LogP contribution in [0.4, 0.5) is 17.6 Å². The third-order valence-electron chi connectivity index (χ3n) is 3.80. The average molecular weight is 342 g/mol. The van der Waals surface area contributed by atoms with Crippen molar-refractivity contribution in [1.29, 1.82) is 0 Å². The molecule has 0 N–H and O–H groups in total. The summed E-state index contributed by atoms with van der Waals surface area (Å²) in [5.74, 6) is -0.904. The second-order valence-electron chi connectivity index (χ2n) is 5.46. The van der Waals surface area contributed by atoms with Gasteiger partial charge in [0, 0.05) is 11.1 Å². The van der Waals surface area contributed by atoms with Gasteiger partial charge in [0.15, 0.2) is 0 Å². The van der Waals surface area contributed by atoms with E-state index in [1.807, 2.05) is 0 Å². The van der Waals surface area contributed by atoms with Crippen molar-refractivity contribution in [3.8, 4) is 0 Å². The van der Waals surface area contributed by atoms with Gasteiger partial charge in [0.05, 0.1) is 5.57 Å². The first-order valence-electron chi connectivity index (χ1n) is 7.65. The molecule has 25 heavy (non-hydrogen) atoms. The molecule has 0 saturated carbocycles. The third-order valence-corrected chi connectivity index (χ3v) is 3.80. The zero-order valence-electron chi connectivity index (χ0n) is 13.1. The summed E-state index contributed by atoms with van der Waals surface area (Å²) < 4.78 is 56.2. The van der Waals surface area contributed by atoms with E-state index in [1.165, 1.54) is 12.1 Å². The Morgan fingerprint density at radius 3 is 1.48 bits per heavy atom. The van der Waals surface area contributed by atoms with Crippen molar-refractivity contribution in [2.75, 3.05) is 0 Å². The lowest BCUT2D eigenvalue weighted by atomic mass is 9.89. The molecule has 0 amide bonds. The number of benzene rings is 3. The lowest BCUT2D eigenvalue weighted by Crippen LogP contribution is -2.15. The molecule has 0 aliphatic heterocycles. The molecule has 0 spiro atoms. The normalized spacial score (nSPS) is 11.2. The second-order valence-corrected chi connectivity index (χ2v) is 5.46. The van der Waals surface area contributed by atoms with Gasteiger partial charge >= 0.3 is 6.18 Å². The van der Waals surface area contributed by atoms with Crippen molar-refractivity contribution >= 4 is 11.1 Å². The van der Waals surface area contributed by atoms with E-state index in [1.54, 1.807) is 60.7 Å². The maximum Gasteiger partial charge on any atom is 0.417 e. The Balaban J connectivity index is 2.42. The highest BCUT2D eigenvalue weighted by Gasteiger charge is 2.39. The molecule has 3 aromatic carbocycles. The standard InChI is InChI=1S/C21H14F4/c22-18-14-8-7-13-17(18)20(21(23,24)25)19(15-9-3-1-4-10-15)16-11-5-2-6-12-16/h1-14H. The van der Waals surface area contributed by atoms with Gasteiger partial charge in [-0.1, -0.05) is 78.9 Å². The maximum absolute atomic E-state index is 14.2. The predicted octanol–water partition coefficient (Wildman–Crippen LogP) is 6.35. The van der Waals surface area contributed by atoms with E-state index in [0.29, 0.717) is 11.1 Å². The van der Waals surface area contributed by atoms with Crippen LogP contribution in [0.2, 0.25) is 0 Å². The molecular weight excluding hydrogens is 328 g/mol. The number of rotatable bonds is 3. The molecule has 0 aromatic heterocycles. The Hall–Kier alpha value is -2.88. The smallest absolute Gasteiger partial charge is 0.206 e. The summed E-state index contributed by atoms with van der Waals surface area (Å²) in [6, 6.07) is 21.4. The molecule has 126 valence electrons. The minimum Gasteiger partial charge on any atom is -0.206 e. The monoisotopic (exact) mass is 342 g/mol. The lowest BCUT2D eigenvalue weighted by molar-refractivity contribution is -0.0687. The van der Waals surface area contributed by atoms with Crippen LogP contribution in [0.3, 0.4) is 0 Å². The summed E-state index contributed by atoms with van der Waals surface area (Å²) >= 11 is 0. The van der Waals surface area contributed by atoms with Gasteiger partial charge in [0.1, 0.15) is 5.82 Å². The topological polar surface area (TPSA) is 0 Å². The fourth-order valence-electron chi connectivity index (χ4n) is 2.76. The highest BCUT2D eigenvalue weighted by Crippen LogP contribution is 2.43. The minimum absolute atomic E-state index is 0.0428. The summed E-state index contributed by atoms with van der Waals surface area (Å²) in [4.78, 5) is 0. The molecule has 0 heterocycles. The molecule has 0 unspecified atom stereocenters. The highest BCUT2D eigenvalue weighted by molar-refractivity contribution is 6.00. The molecule has 0 aliphatic carbocycles. The van der Waals surface area contributed by atoms with Crippen LogP contribution in [-0.4, -0.2) is 6.18 Å². The van der Waals surface area contributed by atoms with Crippen molar-refractivity contribution in [3.63, 3.8) is 0 Å². The maximum atomic E-state index is 14.2. The van der Waals surface area contributed by atoms with Crippen molar-refractivity contribution < 1.29 is 17.6 Å². The number of alkyl halides is 3. The Morgan fingerprint density at radius 2 is 1.04 bits per heavy atom. The first kappa shape index (κ1) is 17.0. The van der Waals surface area contributed by atoms with Gasteiger partial charge in [0.25, 0.3) is 0 Å². The molecule has 0 fully saturated rings. The summed E-state index contributed by atoms with van der Waals surface area (Å²) in [5.41, 5.74) is -0.729. The zero-order chi connectivity index (χ0) is 17.9. The van der Waals surface area contributed by atoms with Crippen LogP contribution in [-0.2, 0) is 0 Å².